The van der Waals surface area contributed by atoms with Crippen LogP contribution in [-0.2, 0) is 9.59 Å². The van der Waals surface area contributed by atoms with Gasteiger partial charge in [-0.1, -0.05) is 48.5 Å². The minimum absolute atomic E-state index is 0.0198. The molecule has 0 saturated carbocycles. The van der Waals surface area contributed by atoms with Crippen molar-refractivity contribution >= 4 is 49.9 Å². The van der Waals surface area contributed by atoms with Crippen LogP contribution in [0.4, 0.5) is 11.4 Å². The number of anilines is 2. The number of para-hydroxylation sites is 1. The zero-order valence-electron chi connectivity index (χ0n) is 14.0. The number of fused-ring (bicyclic) bond motifs is 1. The number of carbonyl (C=O) groups excluding carboxylic acids is 2. The van der Waals surface area contributed by atoms with Crippen LogP contribution in [0.15, 0.2) is 71.2 Å². The average molecular weight is 409 g/mol. The van der Waals surface area contributed by atoms with Crippen LogP contribution in [0.3, 0.4) is 0 Å². The highest BCUT2D eigenvalue weighted by atomic mass is 79.9. The highest BCUT2D eigenvalue weighted by Crippen LogP contribution is 2.32. The molecule has 1 fully saturated rings. The summed E-state index contributed by atoms with van der Waals surface area (Å²) in [5.74, 6) is -0.518. The largest absolute Gasteiger partial charge is 0.325 e. The number of nitrogens with one attached hydrogen (secondary N) is 1. The van der Waals surface area contributed by atoms with Crippen molar-refractivity contribution in [2.24, 2.45) is 5.92 Å². The molecule has 0 spiro atoms. The van der Waals surface area contributed by atoms with Crippen LogP contribution >= 0.6 is 15.9 Å². The molecule has 3 aromatic rings. The van der Waals surface area contributed by atoms with Crippen molar-refractivity contribution in [3.8, 4) is 0 Å². The van der Waals surface area contributed by atoms with Gasteiger partial charge in [0.15, 0.2) is 0 Å². The van der Waals surface area contributed by atoms with E-state index in [2.05, 4.69) is 21.2 Å². The van der Waals surface area contributed by atoms with Crippen LogP contribution in [0.25, 0.3) is 10.8 Å². The zero-order chi connectivity index (χ0) is 18.1. The molecule has 1 aliphatic rings. The Morgan fingerprint density at radius 3 is 2.58 bits per heavy atom. The highest BCUT2D eigenvalue weighted by Gasteiger charge is 2.35. The smallest absolute Gasteiger partial charge is 0.229 e. The summed E-state index contributed by atoms with van der Waals surface area (Å²) in [5.41, 5.74) is 1.58. The zero-order valence-corrected chi connectivity index (χ0v) is 15.6. The first-order valence-electron chi connectivity index (χ1n) is 8.47. The molecule has 1 atom stereocenters. The van der Waals surface area contributed by atoms with Crippen LogP contribution in [-0.4, -0.2) is 18.4 Å². The Labute approximate surface area is 159 Å². The molecular weight excluding hydrogens is 392 g/mol. The van der Waals surface area contributed by atoms with E-state index in [-0.39, 0.29) is 24.2 Å². The number of benzene rings is 3. The topological polar surface area (TPSA) is 49.4 Å². The van der Waals surface area contributed by atoms with Gasteiger partial charge in [-0.15, -0.1) is 0 Å². The predicted octanol–water partition coefficient (Wildman–Crippen LogP) is 4.59. The van der Waals surface area contributed by atoms with Crippen LogP contribution < -0.4 is 10.2 Å². The van der Waals surface area contributed by atoms with Crippen LogP contribution in [0.5, 0.6) is 0 Å². The SMILES string of the molecule is O=C(Nc1ccccc1Br)C1CC(=O)N(c2cccc3ccccc23)C1. The number of hydrogen-bond acceptors (Lipinski definition) is 2. The van der Waals surface area contributed by atoms with Gasteiger partial charge in [0.2, 0.25) is 11.8 Å². The maximum atomic E-state index is 12.6. The van der Waals surface area contributed by atoms with E-state index in [1.165, 1.54) is 0 Å². The Bertz CT molecular complexity index is 997. The first kappa shape index (κ1) is 16.8. The molecule has 0 bridgehead atoms. The molecule has 1 unspecified atom stereocenters. The Hall–Kier alpha value is -2.66. The van der Waals surface area contributed by atoms with Gasteiger partial charge in [-0.2, -0.15) is 0 Å². The molecule has 0 aliphatic carbocycles. The lowest BCUT2D eigenvalue weighted by molar-refractivity contribution is -0.122. The molecule has 5 heteroatoms. The Morgan fingerprint density at radius 1 is 1.00 bits per heavy atom. The molecule has 4 nitrogen and oxygen atoms in total. The van der Waals surface area contributed by atoms with E-state index in [9.17, 15) is 9.59 Å². The molecule has 0 radical (unpaired) electrons. The second-order valence-electron chi connectivity index (χ2n) is 6.37. The molecule has 3 aromatic carbocycles. The summed E-state index contributed by atoms with van der Waals surface area (Å²) in [6.45, 7) is 0.392. The second kappa shape index (κ2) is 6.92. The monoisotopic (exact) mass is 408 g/mol. The van der Waals surface area contributed by atoms with E-state index in [0.717, 1.165) is 20.9 Å². The summed E-state index contributed by atoms with van der Waals surface area (Å²) in [4.78, 5) is 27.0. The van der Waals surface area contributed by atoms with Gasteiger partial charge < -0.3 is 10.2 Å². The van der Waals surface area contributed by atoms with Crippen LogP contribution in [0, 0.1) is 5.92 Å². The number of nitrogens with zero attached hydrogens (tertiary/aromatic N) is 1. The standard InChI is InChI=1S/C21H17BrN2O2/c22-17-9-3-4-10-18(17)23-21(26)15-12-20(25)24(13-15)19-11-5-7-14-6-1-2-8-16(14)19/h1-11,15H,12-13H2,(H,23,26). The van der Waals surface area contributed by atoms with E-state index in [4.69, 9.17) is 0 Å². The summed E-state index contributed by atoms with van der Waals surface area (Å²) in [5, 5.41) is 5.02. The van der Waals surface area contributed by atoms with Crippen molar-refractivity contribution in [2.75, 3.05) is 16.8 Å². The van der Waals surface area contributed by atoms with Gasteiger partial charge in [-0.05, 0) is 39.5 Å². The second-order valence-corrected chi connectivity index (χ2v) is 7.23. The van der Waals surface area contributed by atoms with Crippen molar-refractivity contribution in [3.05, 3.63) is 71.2 Å². The van der Waals surface area contributed by atoms with E-state index in [1.54, 1.807) is 4.90 Å². The summed E-state index contributed by atoms with van der Waals surface area (Å²) < 4.78 is 0.823. The highest BCUT2D eigenvalue weighted by molar-refractivity contribution is 9.10. The molecule has 1 aliphatic heterocycles. The molecule has 1 N–H and O–H groups in total. The fourth-order valence-electron chi connectivity index (χ4n) is 3.36. The number of amides is 2. The maximum Gasteiger partial charge on any atom is 0.229 e. The predicted molar refractivity (Wildman–Crippen MR) is 107 cm³/mol. The lowest BCUT2D eigenvalue weighted by atomic mass is 10.1. The van der Waals surface area contributed by atoms with Gasteiger partial charge in [-0.3, -0.25) is 9.59 Å². The Balaban J connectivity index is 1.57. The molecule has 2 amide bonds. The quantitative estimate of drug-likeness (QED) is 0.688. The number of hydrogen-bond donors (Lipinski definition) is 1. The molecule has 1 heterocycles. The summed E-state index contributed by atoms with van der Waals surface area (Å²) in [7, 11) is 0. The van der Waals surface area contributed by atoms with Crippen molar-refractivity contribution < 1.29 is 9.59 Å². The third-order valence-corrected chi connectivity index (χ3v) is 5.38. The number of carbonyl (C=O) groups is 2. The van der Waals surface area contributed by atoms with E-state index >= 15 is 0 Å². The Morgan fingerprint density at radius 2 is 1.73 bits per heavy atom. The van der Waals surface area contributed by atoms with Crippen molar-refractivity contribution in [1.82, 2.24) is 0 Å². The Kier molecular flexibility index (Phi) is 4.47. The van der Waals surface area contributed by atoms with Gasteiger partial charge in [0.1, 0.15) is 0 Å². The van der Waals surface area contributed by atoms with Crippen LogP contribution in [0.1, 0.15) is 6.42 Å². The average Bonchev–Trinajstić information content (AvgIpc) is 3.05. The van der Waals surface area contributed by atoms with Crippen molar-refractivity contribution in [2.45, 2.75) is 6.42 Å². The minimum atomic E-state index is -0.367. The van der Waals surface area contributed by atoms with E-state index in [1.807, 2.05) is 66.7 Å². The lowest BCUT2D eigenvalue weighted by Crippen LogP contribution is -2.28. The fourth-order valence-corrected chi connectivity index (χ4v) is 3.74. The first-order valence-corrected chi connectivity index (χ1v) is 9.26. The third kappa shape index (κ3) is 3.10. The van der Waals surface area contributed by atoms with Gasteiger partial charge >= 0.3 is 0 Å². The molecular formula is C21H17BrN2O2. The van der Waals surface area contributed by atoms with Gasteiger partial charge in [0.25, 0.3) is 0 Å². The molecule has 1 saturated heterocycles. The minimum Gasteiger partial charge on any atom is -0.325 e. The summed E-state index contributed by atoms with van der Waals surface area (Å²) in [6, 6.07) is 21.3. The van der Waals surface area contributed by atoms with E-state index in [0.29, 0.717) is 12.2 Å². The van der Waals surface area contributed by atoms with Crippen molar-refractivity contribution in [1.29, 1.82) is 0 Å². The number of rotatable bonds is 3. The summed E-state index contributed by atoms with van der Waals surface area (Å²) >= 11 is 3.43. The lowest BCUT2D eigenvalue weighted by Gasteiger charge is -2.19. The first-order chi connectivity index (χ1) is 12.6. The molecule has 26 heavy (non-hydrogen) atoms. The molecule has 0 aromatic heterocycles. The van der Waals surface area contributed by atoms with Crippen LogP contribution in [0.2, 0.25) is 0 Å². The van der Waals surface area contributed by atoms with Crippen molar-refractivity contribution in [3.63, 3.8) is 0 Å². The van der Waals surface area contributed by atoms with Gasteiger partial charge in [0.05, 0.1) is 17.3 Å². The van der Waals surface area contributed by atoms with Gasteiger partial charge in [0, 0.05) is 22.8 Å². The van der Waals surface area contributed by atoms with E-state index < -0.39 is 0 Å². The normalized spacial score (nSPS) is 16.9. The summed E-state index contributed by atoms with van der Waals surface area (Å²) in [6.07, 6.45) is 0.222. The fraction of sp³-hybridized carbons (Fsp3) is 0.143. The van der Waals surface area contributed by atoms with Gasteiger partial charge in [-0.25, -0.2) is 0 Å². The maximum absolute atomic E-state index is 12.6. The molecule has 130 valence electrons. The molecule has 4 rings (SSSR count). The third-order valence-electron chi connectivity index (χ3n) is 4.68. The number of halogens is 1.